The van der Waals surface area contributed by atoms with Crippen molar-refractivity contribution >= 4 is 15.2 Å². The fraction of sp³-hybridized carbons (Fsp3) is 0.636. The van der Waals surface area contributed by atoms with Crippen LogP contribution in [0.2, 0.25) is 0 Å². The van der Waals surface area contributed by atoms with E-state index in [2.05, 4.69) is 0 Å². The molecule has 1 aromatic heterocycles. The minimum absolute atomic E-state index is 0.139. The summed E-state index contributed by atoms with van der Waals surface area (Å²) in [6.45, 7) is 2.67. The highest BCUT2D eigenvalue weighted by Gasteiger charge is 2.50. The third kappa shape index (κ3) is 4.09. The molecule has 0 radical (unpaired) electrons. The third-order valence-corrected chi connectivity index (χ3v) is 7.77. The molecule has 1 unspecified atom stereocenters. The van der Waals surface area contributed by atoms with Crippen LogP contribution in [-0.2, 0) is 32.3 Å². The van der Waals surface area contributed by atoms with Crippen LogP contribution in [0.25, 0.3) is 0 Å². The Morgan fingerprint density at radius 1 is 1.13 bits per heavy atom. The molecule has 0 saturated carbocycles. The Hall–Kier alpha value is -1.02. The van der Waals surface area contributed by atoms with E-state index in [-0.39, 0.29) is 13.2 Å². The van der Waals surface area contributed by atoms with E-state index in [1.54, 1.807) is 0 Å². The van der Waals surface area contributed by atoms with E-state index in [1.807, 2.05) is 0 Å². The van der Waals surface area contributed by atoms with Crippen LogP contribution in [0.1, 0.15) is 24.8 Å². The highest BCUT2D eigenvalue weighted by atomic mass is 31.2. The van der Waals surface area contributed by atoms with E-state index in [9.17, 15) is 28.5 Å². The Bertz CT molecular complexity index is 767. The van der Waals surface area contributed by atoms with E-state index in [1.165, 1.54) is 20.9 Å². The zero-order chi connectivity index (χ0) is 18.0. The van der Waals surface area contributed by atoms with Gasteiger partial charge in [0.15, 0.2) is 5.40 Å². The molecule has 1 heterocycles. The van der Waals surface area contributed by atoms with Crippen molar-refractivity contribution in [3.05, 3.63) is 32.6 Å². The highest BCUT2D eigenvalue weighted by Crippen LogP contribution is 2.74. The van der Waals surface area contributed by atoms with E-state index < -0.39 is 37.4 Å². The van der Waals surface area contributed by atoms with Gasteiger partial charge < -0.3 is 23.4 Å². The van der Waals surface area contributed by atoms with Crippen molar-refractivity contribution in [3.63, 3.8) is 0 Å². The van der Waals surface area contributed by atoms with Crippen molar-refractivity contribution < 1.29 is 28.0 Å². The predicted octanol–water partition coefficient (Wildman–Crippen LogP) is 0.526. The summed E-state index contributed by atoms with van der Waals surface area (Å²) in [6, 6.07) is 0. The van der Waals surface area contributed by atoms with Gasteiger partial charge >= 0.3 is 20.9 Å². The van der Waals surface area contributed by atoms with Gasteiger partial charge in [-0.3, -0.25) is 18.5 Å². The predicted molar refractivity (Wildman–Crippen MR) is 82.6 cm³/mol. The average molecular weight is 370 g/mol. The Labute approximate surface area is 132 Å². The molecule has 12 heteroatoms. The summed E-state index contributed by atoms with van der Waals surface area (Å²) in [5, 5.41) is -2.11. The first-order valence-electron chi connectivity index (χ1n) is 6.70. The number of aryl methyl sites for hydroxylation is 1. The number of aromatic nitrogens is 2. The van der Waals surface area contributed by atoms with E-state index >= 15 is 0 Å². The SMILES string of the molecule is CCOP(=O)(OCC)C(c1cn(C)c(=O)n(C)c1=O)P(=O)(O)O. The van der Waals surface area contributed by atoms with Gasteiger partial charge in [-0.2, -0.15) is 0 Å². The Morgan fingerprint density at radius 2 is 1.61 bits per heavy atom. The van der Waals surface area contributed by atoms with E-state index in [0.717, 1.165) is 17.8 Å². The van der Waals surface area contributed by atoms with Crippen LogP contribution < -0.4 is 11.2 Å². The first kappa shape index (κ1) is 20.0. The van der Waals surface area contributed by atoms with Gasteiger partial charge in [0, 0.05) is 20.3 Å². The molecule has 1 rings (SSSR count). The van der Waals surface area contributed by atoms with Crippen LogP contribution >= 0.6 is 15.2 Å². The smallest absolute Gasteiger partial charge is 0.324 e. The fourth-order valence-electron chi connectivity index (χ4n) is 2.09. The summed E-state index contributed by atoms with van der Waals surface area (Å²) < 4.78 is 36.4. The maximum atomic E-state index is 12.8. The molecule has 0 aliphatic rings. The minimum Gasteiger partial charge on any atom is -0.324 e. The van der Waals surface area contributed by atoms with Gasteiger partial charge in [0.05, 0.1) is 18.8 Å². The molecular weight excluding hydrogens is 350 g/mol. The number of hydrogen-bond donors (Lipinski definition) is 2. The van der Waals surface area contributed by atoms with Crippen LogP contribution in [0.4, 0.5) is 0 Å². The van der Waals surface area contributed by atoms with Crippen molar-refractivity contribution in [1.29, 1.82) is 0 Å². The topological polar surface area (TPSA) is 137 Å². The van der Waals surface area contributed by atoms with Crippen LogP contribution in [0.5, 0.6) is 0 Å². The summed E-state index contributed by atoms with van der Waals surface area (Å²) >= 11 is 0. The standard InChI is InChI=1S/C11H20N2O8P2/c1-5-20-23(19,21-6-2)10(22(16,17)18)8-7-12(3)11(15)13(4)9(8)14/h7,10H,5-6H2,1-4H3,(H2,16,17,18). The van der Waals surface area contributed by atoms with Gasteiger partial charge in [-0.25, -0.2) is 4.79 Å². The Kier molecular flexibility index (Phi) is 6.32. The summed E-state index contributed by atoms with van der Waals surface area (Å²) in [5.74, 6) is 0. The van der Waals surface area contributed by atoms with Crippen molar-refractivity contribution in [1.82, 2.24) is 9.13 Å². The molecule has 10 nitrogen and oxygen atoms in total. The van der Waals surface area contributed by atoms with Gasteiger partial charge in [0.1, 0.15) is 0 Å². The lowest BCUT2D eigenvalue weighted by molar-refractivity contribution is 0.214. The first-order valence-corrected chi connectivity index (χ1v) is 9.99. The lowest BCUT2D eigenvalue weighted by Crippen LogP contribution is -2.39. The largest absolute Gasteiger partial charge is 0.350 e. The van der Waals surface area contributed by atoms with Gasteiger partial charge in [0.25, 0.3) is 5.56 Å². The summed E-state index contributed by atoms with van der Waals surface area (Å²) in [4.78, 5) is 43.3. The molecule has 23 heavy (non-hydrogen) atoms. The van der Waals surface area contributed by atoms with Crippen molar-refractivity contribution in [2.75, 3.05) is 13.2 Å². The lowest BCUT2D eigenvalue weighted by Gasteiger charge is -2.26. The summed E-state index contributed by atoms with van der Waals surface area (Å²) in [7, 11) is -7.00. The monoisotopic (exact) mass is 370 g/mol. The molecule has 0 amide bonds. The minimum atomic E-state index is -5.10. The lowest BCUT2D eigenvalue weighted by atomic mass is 10.4. The molecule has 1 atom stereocenters. The normalized spacial score (nSPS) is 14.0. The molecule has 1 aromatic rings. The van der Waals surface area contributed by atoms with Crippen LogP contribution in [0.3, 0.4) is 0 Å². The summed E-state index contributed by atoms with van der Waals surface area (Å²) in [5.41, 5.74) is -2.17. The Morgan fingerprint density at radius 3 is 2.00 bits per heavy atom. The molecule has 0 spiro atoms. The third-order valence-electron chi connectivity index (χ3n) is 2.99. The van der Waals surface area contributed by atoms with Crippen LogP contribution in [0, 0.1) is 0 Å². The maximum Gasteiger partial charge on any atom is 0.350 e. The Balaban J connectivity index is 3.77. The van der Waals surface area contributed by atoms with E-state index in [0.29, 0.717) is 4.57 Å². The van der Waals surface area contributed by atoms with Crippen molar-refractivity contribution in [2.24, 2.45) is 14.1 Å². The van der Waals surface area contributed by atoms with Gasteiger partial charge in [-0.1, -0.05) is 0 Å². The molecule has 0 aliphatic carbocycles. The molecule has 0 saturated heterocycles. The molecule has 0 aliphatic heterocycles. The zero-order valence-electron chi connectivity index (χ0n) is 13.2. The van der Waals surface area contributed by atoms with Gasteiger partial charge in [-0.15, -0.1) is 0 Å². The zero-order valence-corrected chi connectivity index (χ0v) is 15.0. The van der Waals surface area contributed by atoms with Crippen LogP contribution in [0.15, 0.2) is 15.8 Å². The quantitative estimate of drug-likeness (QED) is 0.663. The molecule has 132 valence electrons. The average Bonchev–Trinajstić information content (AvgIpc) is 2.41. The summed E-state index contributed by atoms with van der Waals surface area (Å²) in [6.07, 6.45) is 0.944. The molecule has 0 bridgehead atoms. The van der Waals surface area contributed by atoms with Crippen LogP contribution in [-0.4, -0.2) is 32.1 Å². The van der Waals surface area contributed by atoms with Crippen molar-refractivity contribution in [2.45, 2.75) is 19.2 Å². The van der Waals surface area contributed by atoms with Crippen molar-refractivity contribution in [3.8, 4) is 0 Å². The second kappa shape index (κ2) is 7.25. The molecular formula is C11H20N2O8P2. The fourth-order valence-corrected chi connectivity index (χ4v) is 6.10. The number of hydrogen-bond acceptors (Lipinski definition) is 6. The second-order valence-electron chi connectivity index (χ2n) is 4.68. The maximum absolute atomic E-state index is 12.8. The van der Waals surface area contributed by atoms with Gasteiger partial charge in [0.2, 0.25) is 0 Å². The molecule has 2 N–H and O–H groups in total. The highest BCUT2D eigenvalue weighted by molar-refractivity contribution is 7.71. The van der Waals surface area contributed by atoms with Gasteiger partial charge in [-0.05, 0) is 13.8 Å². The first-order chi connectivity index (χ1) is 10.5. The molecule has 0 aromatic carbocycles. The number of nitrogens with zero attached hydrogens (tertiary/aromatic N) is 2. The second-order valence-corrected chi connectivity index (χ2v) is 8.89. The number of rotatable bonds is 7. The molecule has 0 fully saturated rings. The van der Waals surface area contributed by atoms with E-state index in [4.69, 9.17) is 9.05 Å².